The van der Waals surface area contributed by atoms with E-state index >= 15 is 0 Å². The van der Waals surface area contributed by atoms with Crippen LogP contribution in [0.25, 0.3) is 0 Å². The van der Waals surface area contributed by atoms with Crippen molar-refractivity contribution in [3.8, 4) is 0 Å². The number of benzene rings is 4. The molecule has 4 aromatic rings. The third-order valence-corrected chi connectivity index (χ3v) is 5.76. The summed E-state index contributed by atoms with van der Waals surface area (Å²) in [7, 11) is 1.18. The second kappa shape index (κ2) is 15.6. The van der Waals surface area contributed by atoms with E-state index in [2.05, 4.69) is 83.4 Å². The van der Waals surface area contributed by atoms with Crippen molar-refractivity contribution in [1.29, 1.82) is 0 Å². The summed E-state index contributed by atoms with van der Waals surface area (Å²) in [6.07, 6.45) is 0. The highest BCUT2D eigenvalue weighted by atomic mass is 16.5. The zero-order valence-electron chi connectivity index (χ0n) is 21.3. The summed E-state index contributed by atoms with van der Waals surface area (Å²) in [4.78, 5) is 0. The van der Waals surface area contributed by atoms with Gasteiger partial charge in [-0.15, -0.1) is 0 Å². The number of rotatable bonds is 16. The van der Waals surface area contributed by atoms with Crippen molar-refractivity contribution in [2.75, 3.05) is 36.9 Å². The molecule has 5 nitrogen and oxygen atoms in total. The summed E-state index contributed by atoms with van der Waals surface area (Å²) in [6.45, 7) is 3.99. The number of nitrogens with one attached hydrogen (secondary N) is 2. The standard InChI is InChI=1S/C30H34B2N2O3/c1-3-13-29(14-4-1)33-17-19-36-31-27-11-7-9-25(21-27)23-35-24-26-10-8-12-28(22-26)32-37-20-18-34-30-15-5-2-6-16-30/h1-16,21-22,31-34H,17-20,23-24H2. The van der Waals surface area contributed by atoms with Crippen molar-refractivity contribution in [1.82, 2.24) is 0 Å². The lowest BCUT2D eigenvalue weighted by Gasteiger charge is -2.09. The summed E-state index contributed by atoms with van der Waals surface area (Å²) in [6, 6.07) is 37.1. The lowest BCUT2D eigenvalue weighted by molar-refractivity contribution is 0.107. The summed E-state index contributed by atoms with van der Waals surface area (Å²) >= 11 is 0. The van der Waals surface area contributed by atoms with Crippen LogP contribution in [0.15, 0.2) is 109 Å². The van der Waals surface area contributed by atoms with Gasteiger partial charge in [0.15, 0.2) is 0 Å². The van der Waals surface area contributed by atoms with Gasteiger partial charge in [0.2, 0.25) is 0 Å². The predicted molar refractivity (Wildman–Crippen MR) is 157 cm³/mol. The number of hydrogen-bond acceptors (Lipinski definition) is 5. The Bertz CT molecular complexity index is 1090. The van der Waals surface area contributed by atoms with E-state index in [4.69, 9.17) is 14.0 Å². The SMILES string of the molecule is B(OCCNc1ccccc1)c1cccc(COCc2cccc(BOCCNc3ccccc3)c2)c1. The average molecular weight is 492 g/mol. The largest absolute Gasteiger partial charge is 0.433 e. The molecule has 0 fully saturated rings. The van der Waals surface area contributed by atoms with Gasteiger partial charge in [0, 0.05) is 37.7 Å². The fourth-order valence-corrected chi connectivity index (χ4v) is 3.93. The molecule has 0 bridgehead atoms. The average Bonchev–Trinajstić information content (AvgIpc) is 2.94. The van der Waals surface area contributed by atoms with Crippen LogP contribution >= 0.6 is 0 Å². The van der Waals surface area contributed by atoms with E-state index in [0.29, 0.717) is 41.4 Å². The van der Waals surface area contributed by atoms with E-state index in [1.807, 2.05) is 36.4 Å². The maximum absolute atomic E-state index is 6.00. The van der Waals surface area contributed by atoms with Crippen molar-refractivity contribution in [3.05, 3.63) is 120 Å². The van der Waals surface area contributed by atoms with Gasteiger partial charge in [-0.3, -0.25) is 0 Å². The number of anilines is 2. The smallest absolute Gasteiger partial charge is 0.308 e. The lowest BCUT2D eigenvalue weighted by atomic mass is 9.87. The van der Waals surface area contributed by atoms with Crippen LogP contribution in [-0.2, 0) is 27.3 Å². The fourth-order valence-electron chi connectivity index (χ4n) is 3.93. The van der Waals surface area contributed by atoms with Gasteiger partial charge in [0.1, 0.15) is 0 Å². The van der Waals surface area contributed by atoms with Crippen molar-refractivity contribution < 1.29 is 14.0 Å². The molecule has 0 aliphatic carbocycles. The monoisotopic (exact) mass is 492 g/mol. The molecular weight excluding hydrogens is 458 g/mol. The minimum atomic E-state index is 0.565. The molecule has 0 aliphatic rings. The molecular formula is C30H34B2N2O3. The first-order chi connectivity index (χ1) is 18.3. The molecule has 0 aromatic heterocycles. The molecule has 0 radical (unpaired) electrons. The predicted octanol–water partition coefficient (Wildman–Crippen LogP) is 3.61. The zero-order chi connectivity index (χ0) is 25.4. The Morgan fingerprint density at radius 2 is 0.973 bits per heavy atom. The van der Waals surface area contributed by atoms with Gasteiger partial charge >= 0.3 is 15.0 Å². The van der Waals surface area contributed by atoms with Gasteiger partial charge in [-0.25, -0.2) is 0 Å². The van der Waals surface area contributed by atoms with Crippen LogP contribution in [0.1, 0.15) is 11.1 Å². The van der Waals surface area contributed by atoms with Crippen LogP contribution in [0.5, 0.6) is 0 Å². The topological polar surface area (TPSA) is 51.8 Å². The zero-order valence-corrected chi connectivity index (χ0v) is 21.3. The number of para-hydroxylation sites is 2. The minimum absolute atomic E-state index is 0.565. The van der Waals surface area contributed by atoms with Gasteiger partial charge in [-0.2, -0.15) is 0 Å². The van der Waals surface area contributed by atoms with E-state index in [9.17, 15) is 0 Å². The number of ether oxygens (including phenoxy) is 1. The molecule has 0 aliphatic heterocycles. The second-order valence-electron chi connectivity index (χ2n) is 8.82. The van der Waals surface area contributed by atoms with Crippen LogP contribution in [0.4, 0.5) is 11.4 Å². The first kappa shape index (κ1) is 26.6. The maximum Gasteiger partial charge on any atom is 0.308 e. The van der Waals surface area contributed by atoms with Crippen LogP contribution < -0.4 is 21.6 Å². The van der Waals surface area contributed by atoms with Crippen molar-refractivity contribution in [3.63, 3.8) is 0 Å². The van der Waals surface area contributed by atoms with Crippen LogP contribution in [0.3, 0.4) is 0 Å². The van der Waals surface area contributed by atoms with Gasteiger partial charge in [0.05, 0.1) is 13.2 Å². The Hall–Kier alpha value is -3.51. The molecule has 37 heavy (non-hydrogen) atoms. The molecule has 0 atom stereocenters. The highest BCUT2D eigenvalue weighted by Gasteiger charge is 2.03. The molecule has 0 unspecified atom stereocenters. The van der Waals surface area contributed by atoms with Gasteiger partial charge in [-0.1, -0.05) is 95.9 Å². The molecule has 0 spiro atoms. The van der Waals surface area contributed by atoms with Crippen LogP contribution in [0.2, 0.25) is 0 Å². The molecule has 7 heteroatoms. The van der Waals surface area contributed by atoms with Gasteiger partial charge in [-0.05, 0) is 35.4 Å². The number of hydrogen-bond donors (Lipinski definition) is 2. The molecule has 4 rings (SSSR count). The third kappa shape index (κ3) is 10.2. The Balaban J connectivity index is 1.11. The third-order valence-electron chi connectivity index (χ3n) is 5.76. The molecule has 188 valence electrons. The van der Waals surface area contributed by atoms with Crippen LogP contribution in [0, 0.1) is 0 Å². The highest BCUT2D eigenvalue weighted by Crippen LogP contribution is 2.06. The molecule has 2 N–H and O–H groups in total. The summed E-state index contributed by atoms with van der Waals surface area (Å²) in [5.74, 6) is 0. The van der Waals surface area contributed by atoms with Crippen molar-refractivity contribution in [2.24, 2.45) is 0 Å². The first-order valence-corrected chi connectivity index (χ1v) is 12.8. The van der Waals surface area contributed by atoms with Crippen molar-refractivity contribution in [2.45, 2.75) is 13.2 Å². The molecule has 0 amide bonds. The van der Waals surface area contributed by atoms with E-state index in [-0.39, 0.29) is 0 Å². The Morgan fingerprint density at radius 3 is 1.43 bits per heavy atom. The quantitative estimate of drug-likeness (QED) is 0.185. The molecule has 0 heterocycles. The molecule has 4 aromatic carbocycles. The van der Waals surface area contributed by atoms with Crippen LogP contribution in [-0.4, -0.2) is 41.3 Å². The van der Waals surface area contributed by atoms with Gasteiger partial charge < -0.3 is 24.7 Å². The van der Waals surface area contributed by atoms with Gasteiger partial charge in [0.25, 0.3) is 0 Å². The van der Waals surface area contributed by atoms with E-state index < -0.39 is 0 Å². The Morgan fingerprint density at radius 1 is 0.514 bits per heavy atom. The lowest BCUT2D eigenvalue weighted by Crippen LogP contribution is -2.21. The van der Waals surface area contributed by atoms with E-state index in [1.54, 1.807) is 0 Å². The van der Waals surface area contributed by atoms with E-state index in [1.165, 1.54) is 0 Å². The highest BCUT2D eigenvalue weighted by molar-refractivity contribution is 6.47. The summed E-state index contributed by atoms with van der Waals surface area (Å²) in [5.41, 5.74) is 6.82. The summed E-state index contributed by atoms with van der Waals surface area (Å²) in [5, 5.41) is 6.71. The Kier molecular flexibility index (Phi) is 11.2. The minimum Gasteiger partial charge on any atom is -0.433 e. The fraction of sp³-hybridized carbons (Fsp3) is 0.200. The summed E-state index contributed by atoms with van der Waals surface area (Å²) < 4.78 is 17.7. The first-order valence-electron chi connectivity index (χ1n) is 12.8. The van der Waals surface area contributed by atoms with Crippen molar-refractivity contribution >= 4 is 37.3 Å². The molecule has 0 saturated heterocycles. The molecule has 0 saturated carbocycles. The second-order valence-corrected chi connectivity index (χ2v) is 8.82. The Labute approximate surface area is 221 Å². The van der Waals surface area contributed by atoms with E-state index in [0.717, 1.165) is 46.5 Å². The normalized spacial score (nSPS) is 10.6. The maximum atomic E-state index is 6.00.